The molecule has 0 unspecified atom stereocenters. The monoisotopic (exact) mass is 893 g/mol. The maximum atomic E-state index is 13.2. The first-order chi connectivity index (χ1) is 31.9. The third-order valence-electron chi connectivity index (χ3n) is 12.2. The molecule has 4 aromatic rings. The molecule has 4 aromatic carbocycles. The van der Waals surface area contributed by atoms with Crippen LogP contribution in [-0.2, 0) is 72.0 Å². The predicted octanol–water partition coefficient (Wildman–Crippen LogP) is 8.80. The highest BCUT2D eigenvalue weighted by Gasteiger charge is 2.55. The molecule has 2 heterocycles. The Kier molecular flexibility index (Phi) is 18.9. The fraction of sp³-hybridized carbons (Fsp3) is 0.509. The fourth-order valence-electron chi connectivity index (χ4n) is 9.03. The van der Waals surface area contributed by atoms with Gasteiger partial charge in [-0.3, -0.25) is 9.59 Å². The number of ether oxygens (including phenoxy) is 9. The molecule has 1 amide bonds. The van der Waals surface area contributed by atoms with Gasteiger partial charge < -0.3 is 47.9 Å². The molecule has 65 heavy (non-hydrogen) atoms. The van der Waals surface area contributed by atoms with Gasteiger partial charge in [-0.2, -0.15) is 0 Å². The van der Waals surface area contributed by atoms with Crippen molar-refractivity contribution in [2.75, 3.05) is 19.8 Å². The minimum Gasteiger partial charge on any atom is -0.457 e. The molecule has 12 nitrogen and oxygen atoms in total. The summed E-state index contributed by atoms with van der Waals surface area (Å²) in [5.41, 5.74) is 3.78. The van der Waals surface area contributed by atoms with Crippen molar-refractivity contribution in [2.24, 2.45) is 5.92 Å². The van der Waals surface area contributed by atoms with Gasteiger partial charge in [0.1, 0.15) is 30.5 Å². The summed E-state index contributed by atoms with van der Waals surface area (Å²) in [5.74, 6) is -0.955. The van der Waals surface area contributed by atoms with E-state index in [0.717, 1.165) is 41.5 Å². The van der Waals surface area contributed by atoms with Crippen LogP contribution in [-0.4, -0.2) is 86.8 Å². The molecule has 0 radical (unpaired) electrons. The van der Waals surface area contributed by atoms with Gasteiger partial charge in [0.2, 0.25) is 5.91 Å². The van der Waals surface area contributed by atoms with Crippen molar-refractivity contribution >= 4 is 11.9 Å². The van der Waals surface area contributed by atoms with Gasteiger partial charge in [0.25, 0.3) is 0 Å². The fourth-order valence-corrected chi connectivity index (χ4v) is 9.03. The quantitative estimate of drug-likeness (QED) is 0.0567. The number of hydrogen-bond acceptors (Lipinski definition) is 11. The Balaban J connectivity index is 1.22. The molecule has 3 fully saturated rings. The van der Waals surface area contributed by atoms with Crippen LogP contribution in [0.15, 0.2) is 121 Å². The summed E-state index contributed by atoms with van der Waals surface area (Å²) in [6, 6.07) is 38.7. The number of esters is 1. The van der Waals surface area contributed by atoms with Crippen LogP contribution in [0.4, 0.5) is 0 Å². The molecule has 1 N–H and O–H groups in total. The number of fused-ring (bicyclic) bond motifs is 1. The minimum atomic E-state index is -0.909. The molecule has 0 spiro atoms. The zero-order valence-electron chi connectivity index (χ0n) is 38.1. The van der Waals surface area contributed by atoms with Crippen LogP contribution in [0, 0.1) is 5.92 Å². The van der Waals surface area contributed by atoms with Gasteiger partial charge in [0, 0.05) is 31.9 Å². The molecule has 1 aliphatic carbocycles. The van der Waals surface area contributed by atoms with Crippen LogP contribution < -0.4 is 5.32 Å². The lowest BCUT2D eigenvalue weighted by molar-refractivity contribution is -0.326. The first-order valence-corrected chi connectivity index (χ1v) is 23.5. The number of carbonyl (C=O) groups is 2. The second-order valence-corrected chi connectivity index (χ2v) is 17.3. The number of rotatable bonds is 23. The van der Waals surface area contributed by atoms with E-state index in [1.165, 1.54) is 33.1 Å². The molecule has 11 atom stereocenters. The second kappa shape index (κ2) is 25.4. The van der Waals surface area contributed by atoms with E-state index in [1.807, 2.05) is 121 Å². The average Bonchev–Trinajstić information content (AvgIpc) is 3.32. The summed E-state index contributed by atoms with van der Waals surface area (Å²) in [6.45, 7) is 6.77. The molecule has 7 rings (SSSR count). The van der Waals surface area contributed by atoms with Crippen molar-refractivity contribution in [1.29, 1.82) is 0 Å². The molecular formula is C53H67NO11. The third-order valence-corrected chi connectivity index (χ3v) is 12.2. The van der Waals surface area contributed by atoms with Crippen molar-refractivity contribution < 1.29 is 52.2 Å². The third kappa shape index (κ3) is 14.2. The molecule has 12 heteroatoms. The Labute approximate surface area is 384 Å². The molecule has 2 saturated heterocycles. The average molecular weight is 894 g/mol. The van der Waals surface area contributed by atoms with Crippen LogP contribution >= 0.6 is 0 Å². The Bertz CT molecular complexity index is 1980. The van der Waals surface area contributed by atoms with E-state index in [1.54, 1.807) is 0 Å². The minimum absolute atomic E-state index is 0.115. The highest BCUT2D eigenvalue weighted by molar-refractivity contribution is 5.73. The summed E-state index contributed by atoms with van der Waals surface area (Å²) in [5, 5.41) is 3.13. The molecule has 2 aliphatic heterocycles. The van der Waals surface area contributed by atoms with Crippen LogP contribution in [0.2, 0.25) is 0 Å². The largest absolute Gasteiger partial charge is 0.457 e. The van der Waals surface area contributed by atoms with Crippen molar-refractivity contribution in [2.45, 2.75) is 147 Å². The van der Waals surface area contributed by atoms with Gasteiger partial charge >= 0.3 is 5.97 Å². The normalized spacial score (nSPS) is 27.6. The smallest absolute Gasteiger partial charge is 0.303 e. The van der Waals surface area contributed by atoms with E-state index in [0.29, 0.717) is 26.2 Å². The Morgan fingerprint density at radius 2 is 1.23 bits per heavy atom. The van der Waals surface area contributed by atoms with E-state index in [9.17, 15) is 9.59 Å². The lowest BCUT2D eigenvalue weighted by Crippen LogP contribution is -2.68. The summed E-state index contributed by atoms with van der Waals surface area (Å²) < 4.78 is 60.3. The van der Waals surface area contributed by atoms with Gasteiger partial charge in [-0.05, 0) is 29.5 Å². The van der Waals surface area contributed by atoms with Gasteiger partial charge in [-0.25, -0.2) is 0 Å². The molecule has 350 valence electrons. The van der Waals surface area contributed by atoms with Crippen LogP contribution in [0.1, 0.15) is 94.3 Å². The highest BCUT2D eigenvalue weighted by atomic mass is 16.7. The highest BCUT2D eigenvalue weighted by Crippen LogP contribution is 2.42. The molecule has 0 aromatic heterocycles. The Morgan fingerprint density at radius 3 is 1.85 bits per heavy atom. The second-order valence-electron chi connectivity index (χ2n) is 17.3. The van der Waals surface area contributed by atoms with Crippen LogP contribution in [0.5, 0.6) is 0 Å². The summed E-state index contributed by atoms with van der Waals surface area (Å²) in [7, 11) is 0. The molecule has 1 saturated carbocycles. The van der Waals surface area contributed by atoms with Gasteiger partial charge in [0.15, 0.2) is 18.7 Å². The van der Waals surface area contributed by atoms with E-state index in [-0.39, 0.29) is 31.6 Å². The molecule has 0 bridgehead atoms. The predicted molar refractivity (Wildman–Crippen MR) is 244 cm³/mol. The van der Waals surface area contributed by atoms with Crippen LogP contribution in [0.25, 0.3) is 0 Å². The molecule has 3 aliphatic rings. The SMILES string of the molecule is CCCCCCCCO[C@@H]1O[C@H](COCc2ccccc2)[C@@H](O[C@@H]2C[C@@H]3CO[C@@H](c4ccccc4)O[C@H]3[C@H](OCc3ccccc3)[C@@H]2OC(C)=O)[C@H](OCc2ccccc2)[C@H]1NC(C)=O. The first-order valence-electron chi connectivity index (χ1n) is 23.5. The van der Waals surface area contributed by atoms with Gasteiger partial charge in [-0.1, -0.05) is 160 Å². The Hall–Kier alpha value is -4.50. The number of amides is 1. The number of unbranched alkanes of at least 4 members (excludes halogenated alkanes) is 5. The van der Waals surface area contributed by atoms with Crippen LogP contribution in [0.3, 0.4) is 0 Å². The van der Waals surface area contributed by atoms with Gasteiger partial charge in [0.05, 0.1) is 45.2 Å². The number of nitrogens with one attached hydrogen (secondary N) is 1. The Morgan fingerprint density at radius 1 is 0.646 bits per heavy atom. The van der Waals surface area contributed by atoms with Crippen molar-refractivity contribution in [3.05, 3.63) is 144 Å². The number of hydrogen-bond donors (Lipinski definition) is 1. The van der Waals surface area contributed by atoms with E-state index < -0.39 is 67.3 Å². The van der Waals surface area contributed by atoms with E-state index in [2.05, 4.69) is 12.2 Å². The zero-order valence-corrected chi connectivity index (χ0v) is 38.1. The lowest BCUT2D eigenvalue weighted by Gasteiger charge is -2.51. The van der Waals surface area contributed by atoms with Crippen molar-refractivity contribution in [3.63, 3.8) is 0 Å². The topological polar surface area (TPSA) is 129 Å². The lowest BCUT2D eigenvalue weighted by atomic mass is 9.79. The standard InChI is InChI=1S/C53H67NO11/c1-4-5-6-7-8-21-30-58-53-46(54-37(2)55)50(59-33-40-24-15-10-16-25-40)49(45(64-53)36-57-32-39-22-13-9-14-23-39)63-44-31-43-35-61-52(42-28-19-12-20-29-42)65-47(43)51(48(44)62-38(3)56)60-34-41-26-17-11-18-27-41/h9-20,22-29,43-53H,4-8,21,30-36H2,1-3H3,(H,54,55)/t43-,44-,45-,46-,47-,48-,49-,50-,51+,52-,53-/m1/s1. The summed E-state index contributed by atoms with van der Waals surface area (Å²) in [6.07, 6.45) is 0.138. The summed E-state index contributed by atoms with van der Waals surface area (Å²) >= 11 is 0. The van der Waals surface area contributed by atoms with E-state index in [4.69, 9.17) is 42.6 Å². The zero-order chi connectivity index (χ0) is 45.2. The van der Waals surface area contributed by atoms with Crippen molar-refractivity contribution in [1.82, 2.24) is 5.32 Å². The van der Waals surface area contributed by atoms with E-state index >= 15 is 0 Å². The van der Waals surface area contributed by atoms with Crippen molar-refractivity contribution in [3.8, 4) is 0 Å². The van der Waals surface area contributed by atoms with Gasteiger partial charge in [-0.15, -0.1) is 0 Å². The number of carbonyl (C=O) groups excluding carboxylic acids is 2. The first kappa shape index (κ1) is 48.4. The maximum Gasteiger partial charge on any atom is 0.303 e. The summed E-state index contributed by atoms with van der Waals surface area (Å²) in [4.78, 5) is 26.3. The maximum absolute atomic E-state index is 13.2. The number of benzene rings is 4. The molecular weight excluding hydrogens is 827 g/mol.